The maximum Gasteiger partial charge on any atom is 0.141 e. The number of nitrogens with one attached hydrogen (secondary N) is 1. The summed E-state index contributed by atoms with van der Waals surface area (Å²) >= 11 is 11.9. The molecule has 0 heterocycles. The zero-order valence-electron chi connectivity index (χ0n) is 9.39. The summed E-state index contributed by atoms with van der Waals surface area (Å²) < 4.78 is 0. The number of carbonyl (C=O) groups excluding carboxylic acids is 1. The Morgan fingerprint density at radius 2 is 2.12 bits per heavy atom. The van der Waals surface area contributed by atoms with E-state index in [1.165, 1.54) is 0 Å². The first-order valence-electron chi connectivity index (χ1n) is 5.16. The number of hydrogen-bond donors (Lipinski definition) is 1. The first kappa shape index (κ1) is 13.5. The Morgan fingerprint density at radius 1 is 1.44 bits per heavy atom. The molecule has 0 amide bonds. The van der Waals surface area contributed by atoms with Gasteiger partial charge in [0.2, 0.25) is 0 Å². The van der Waals surface area contributed by atoms with E-state index in [9.17, 15) is 4.79 Å². The zero-order chi connectivity index (χ0) is 12.1. The number of carbonyl (C=O) groups is 1. The highest BCUT2D eigenvalue weighted by Crippen LogP contribution is 2.26. The fourth-order valence-corrected chi connectivity index (χ4v) is 1.85. The highest BCUT2D eigenvalue weighted by atomic mass is 35.5. The van der Waals surface area contributed by atoms with Gasteiger partial charge in [-0.3, -0.25) is 4.79 Å². The third-order valence-electron chi connectivity index (χ3n) is 2.46. The van der Waals surface area contributed by atoms with Crippen molar-refractivity contribution in [2.45, 2.75) is 13.3 Å². The molecule has 0 aliphatic rings. The predicted molar refractivity (Wildman–Crippen MR) is 68.3 cm³/mol. The first-order chi connectivity index (χ1) is 7.56. The number of hydrogen-bond acceptors (Lipinski definition) is 2. The molecule has 0 aromatic heterocycles. The summed E-state index contributed by atoms with van der Waals surface area (Å²) in [6.45, 7) is 2.58. The van der Waals surface area contributed by atoms with Crippen LogP contribution in [0, 0.1) is 5.92 Å². The smallest absolute Gasteiger partial charge is 0.141 e. The molecule has 1 aromatic carbocycles. The molecule has 0 saturated heterocycles. The second-order valence-electron chi connectivity index (χ2n) is 3.81. The van der Waals surface area contributed by atoms with Crippen LogP contribution in [-0.4, -0.2) is 19.4 Å². The van der Waals surface area contributed by atoms with Gasteiger partial charge in [0.1, 0.15) is 5.78 Å². The number of Topliss-reactive ketones (excluding diaryl/α,β-unsaturated/α-hetero) is 1. The van der Waals surface area contributed by atoms with E-state index in [0.717, 1.165) is 5.56 Å². The van der Waals surface area contributed by atoms with Crippen molar-refractivity contribution >= 4 is 29.0 Å². The SMILES string of the molecule is CNCC(C)C(=O)Cc1cccc(Cl)c1Cl. The molecule has 0 aliphatic heterocycles. The fraction of sp³-hybridized carbons (Fsp3) is 0.417. The molecule has 0 radical (unpaired) electrons. The summed E-state index contributed by atoms with van der Waals surface area (Å²) in [6, 6.07) is 5.35. The van der Waals surface area contributed by atoms with Crippen molar-refractivity contribution in [1.82, 2.24) is 5.32 Å². The molecule has 0 fully saturated rings. The molecule has 1 rings (SSSR count). The molecule has 1 unspecified atom stereocenters. The molecule has 88 valence electrons. The topological polar surface area (TPSA) is 29.1 Å². The van der Waals surface area contributed by atoms with Crippen LogP contribution in [0.15, 0.2) is 18.2 Å². The Morgan fingerprint density at radius 3 is 2.75 bits per heavy atom. The van der Waals surface area contributed by atoms with Crippen LogP contribution < -0.4 is 5.32 Å². The maximum absolute atomic E-state index is 11.8. The number of benzene rings is 1. The van der Waals surface area contributed by atoms with E-state index in [1.54, 1.807) is 12.1 Å². The van der Waals surface area contributed by atoms with E-state index >= 15 is 0 Å². The molecule has 1 aromatic rings. The average Bonchev–Trinajstić information content (AvgIpc) is 2.25. The molecular weight excluding hydrogens is 245 g/mol. The summed E-state index contributed by atoms with van der Waals surface area (Å²) in [5.41, 5.74) is 0.794. The van der Waals surface area contributed by atoms with E-state index < -0.39 is 0 Å². The van der Waals surface area contributed by atoms with Gasteiger partial charge in [-0.05, 0) is 18.7 Å². The highest BCUT2D eigenvalue weighted by Gasteiger charge is 2.14. The van der Waals surface area contributed by atoms with Crippen LogP contribution in [0.4, 0.5) is 0 Å². The summed E-state index contributed by atoms with van der Waals surface area (Å²) in [5.74, 6) is 0.151. The van der Waals surface area contributed by atoms with Crippen LogP contribution in [0.2, 0.25) is 10.0 Å². The van der Waals surface area contributed by atoms with Crippen molar-refractivity contribution in [2.75, 3.05) is 13.6 Å². The molecule has 0 aliphatic carbocycles. The van der Waals surface area contributed by atoms with Gasteiger partial charge in [0.25, 0.3) is 0 Å². The summed E-state index contributed by atoms with van der Waals surface area (Å²) in [7, 11) is 1.83. The molecule has 0 bridgehead atoms. The first-order valence-corrected chi connectivity index (χ1v) is 5.92. The van der Waals surface area contributed by atoms with Crippen molar-refractivity contribution in [3.63, 3.8) is 0 Å². The van der Waals surface area contributed by atoms with Gasteiger partial charge in [-0.15, -0.1) is 0 Å². The normalized spacial score (nSPS) is 12.5. The van der Waals surface area contributed by atoms with Crippen LogP contribution in [0.1, 0.15) is 12.5 Å². The lowest BCUT2D eigenvalue weighted by Gasteiger charge is -2.10. The standard InChI is InChI=1S/C12H15Cl2NO/c1-8(7-15-2)11(16)6-9-4-3-5-10(13)12(9)14/h3-5,8,15H,6-7H2,1-2H3. The van der Waals surface area contributed by atoms with Gasteiger partial charge >= 0.3 is 0 Å². The Hall–Kier alpha value is -0.570. The van der Waals surface area contributed by atoms with Crippen LogP contribution in [-0.2, 0) is 11.2 Å². The van der Waals surface area contributed by atoms with Crippen molar-refractivity contribution in [3.05, 3.63) is 33.8 Å². The summed E-state index contributed by atoms with van der Waals surface area (Å²) in [5, 5.41) is 3.95. The van der Waals surface area contributed by atoms with E-state index in [4.69, 9.17) is 23.2 Å². The van der Waals surface area contributed by atoms with Crippen LogP contribution in [0.25, 0.3) is 0 Å². The lowest BCUT2D eigenvalue weighted by molar-refractivity contribution is -0.121. The Kier molecular flexibility index (Phi) is 5.26. The number of rotatable bonds is 5. The van der Waals surface area contributed by atoms with Crippen molar-refractivity contribution in [3.8, 4) is 0 Å². The van der Waals surface area contributed by atoms with E-state index in [0.29, 0.717) is 23.0 Å². The number of ketones is 1. The zero-order valence-corrected chi connectivity index (χ0v) is 10.9. The van der Waals surface area contributed by atoms with Gasteiger partial charge in [0.15, 0.2) is 0 Å². The van der Waals surface area contributed by atoms with Crippen molar-refractivity contribution in [1.29, 1.82) is 0 Å². The molecule has 1 atom stereocenters. The molecule has 1 N–H and O–H groups in total. The van der Waals surface area contributed by atoms with Crippen molar-refractivity contribution < 1.29 is 4.79 Å². The maximum atomic E-state index is 11.8. The van der Waals surface area contributed by atoms with Gasteiger partial charge in [-0.25, -0.2) is 0 Å². The van der Waals surface area contributed by atoms with Gasteiger partial charge in [-0.1, -0.05) is 42.3 Å². The lowest BCUT2D eigenvalue weighted by Crippen LogP contribution is -2.24. The van der Waals surface area contributed by atoms with Crippen molar-refractivity contribution in [2.24, 2.45) is 5.92 Å². The van der Waals surface area contributed by atoms with E-state index in [-0.39, 0.29) is 11.7 Å². The largest absolute Gasteiger partial charge is 0.319 e. The third-order valence-corrected chi connectivity index (χ3v) is 3.31. The molecular formula is C12H15Cl2NO. The molecule has 0 spiro atoms. The Bertz CT molecular complexity index is 379. The minimum atomic E-state index is -0.0138. The molecule has 4 heteroatoms. The van der Waals surface area contributed by atoms with Gasteiger partial charge < -0.3 is 5.32 Å². The van der Waals surface area contributed by atoms with E-state index in [2.05, 4.69) is 5.32 Å². The predicted octanol–water partition coefficient (Wildman–Crippen LogP) is 2.96. The van der Waals surface area contributed by atoms with Gasteiger partial charge in [-0.2, -0.15) is 0 Å². The Labute approximate surface area is 106 Å². The Balaban J connectivity index is 2.73. The second kappa shape index (κ2) is 6.24. The molecule has 16 heavy (non-hydrogen) atoms. The van der Waals surface area contributed by atoms with Gasteiger partial charge in [0, 0.05) is 18.9 Å². The number of halogens is 2. The average molecular weight is 260 g/mol. The molecule has 2 nitrogen and oxygen atoms in total. The lowest BCUT2D eigenvalue weighted by atomic mass is 9.99. The minimum absolute atomic E-state index is 0.0138. The summed E-state index contributed by atoms with van der Waals surface area (Å²) in [4.78, 5) is 11.8. The van der Waals surface area contributed by atoms with Gasteiger partial charge in [0.05, 0.1) is 10.0 Å². The second-order valence-corrected chi connectivity index (χ2v) is 4.60. The highest BCUT2D eigenvalue weighted by molar-refractivity contribution is 6.42. The summed E-state index contributed by atoms with van der Waals surface area (Å²) in [6.07, 6.45) is 0.336. The third kappa shape index (κ3) is 3.48. The fourth-order valence-electron chi connectivity index (χ4n) is 1.47. The monoisotopic (exact) mass is 259 g/mol. The molecule has 0 saturated carbocycles. The van der Waals surface area contributed by atoms with Crippen LogP contribution >= 0.6 is 23.2 Å². The quantitative estimate of drug-likeness (QED) is 0.881. The minimum Gasteiger partial charge on any atom is -0.319 e. The van der Waals surface area contributed by atoms with Crippen LogP contribution in [0.3, 0.4) is 0 Å². The van der Waals surface area contributed by atoms with Crippen LogP contribution in [0.5, 0.6) is 0 Å². The van der Waals surface area contributed by atoms with E-state index in [1.807, 2.05) is 20.0 Å².